The number of unbranched alkanes of at least 4 members (excludes halogenated alkanes) is 6. The van der Waals surface area contributed by atoms with Crippen molar-refractivity contribution in [1.29, 1.82) is 0 Å². The lowest BCUT2D eigenvalue weighted by molar-refractivity contribution is 0.111. The van der Waals surface area contributed by atoms with Gasteiger partial charge in [0.05, 0.1) is 29.4 Å². The number of aliphatic hydroxyl groups is 1. The van der Waals surface area contributed by atoms with Crippen molar-refractivity contribution in [3.8, 4) is 17.0 Å². The number of ether oxygens (including phenoxy) is 1. The monoisotopic (exact) mass is 532 g/mol. The van der Waals surface area contributed by atoms with Gasteiger partial charge < -0.3 is 14.7 Å². The molecule has 0 bridgehead atoms. The van der Waals surface area contributed by atoms with E-state index in [1.807, 2.05) is 48.5 Å². The van der Waals surface area contributed by atoms with Gasteiger partial charge >= 0.3 is 0 Å². The van der Waals surface area contributed by atoms with Crippen LogP contribution < -0.4 is 4.74 Å². The number of benzene rings is 2. The first kappa shape index (κ1) is 30.4. The highest BCUT2D eigenvalue weighted by Crippen LogP contribution is 2.35. The number of rotatable bonds is 15. The number of aliphatic hydroxyl groups excluding tert-OH is 1. The van der Waals surface area contributed by atoms with Crippen LogP contribution in [0.3, 0.4) is 0 Å². The maximum absolute atomic E-state index is 11.6. The predicted octanol–water partition coefficient (Wildman–Crippen LogP) is 8.48. The number of methoxy groups -OCH3 is 1. The van der Waals surface area contributed by atoms with Crippen LogP contribution in [0.2, 0.25) is 5.02 Å². The Morgan fingerprint density at radius 1 is 0.917 bits per heavy atom. The van der Waals surface area contributed by atoms with Gasteiger partial charge in [-0.25, -0.2) is 4.98 Å². The lowest BCUT2D eigenvalue weighted by atomic mass is 9.99. The molecule has 0 saturated heterocycles. The fraction of sp³-hybridized carbons (Fsp3) is 0.500. The Morgan fingerprint density at radius 3 is 2.14 bits per heavy atom. The molecule has 0 saturated carbocycles. The van der Waals surface area contributed by atoms with E-state index < -0.39 is 6.10 Å². The van der Waals surface area contributed by atoms with E-state index in [4.69, 9.17) is 21.3 Å². The van der Waals surface area contributed by atoms with E-state index in [-0.39, 0.29) is 12.4 Å². The fourth-order valence-electron chi connectivity index (χ4n) is 4.60. The van der Waals surface area contributed by atoms with E-state index in [9.17, 15) is 5.11 Å². The number of halogens is 2. The maximum Gasteiger partial charge on any atom is 0.138 e. The lowest BCUT2D eigenvalue weighted by Crippen LogP contribution is -2.31. The molecule has 0 aliphatic rings. The SMILES string of the molecule is CCCCCCN(CCCCCC)CC(O)c1cc(-c2ccccc2)nc2cc(Cl)c(OC)cc12.Cl. The van der Waals surface area contributed by atoms with Gasteiger partial charge in [0.15, 0.2) is 0 Å². The Labute approximate surface area is 228 Å². The molecule has 0 fully saturated rings. The van der Waals surface area contributed by atoms with Gasteiger partial charge in [0, 0.05) is 17.5 Å². The van der Waals surface area contributed by atoms with Crippen LogP contribution in [0.5, 0.6) is 5.75 Å². The van der Waals surface area contributed by atoms with Crippen LogP contribution in [0, 0.1) is 0 Å². The third-order valence-corrected chi connectivity index (χ3v) is 6.93. The first-order valence-corrected chi connectivity index (χ1v) is 13.6. The van der Waals surface area contributed by atoms with Gasteiger partial charge in [-0.2, -0.15) is 0 Å². The lowest BCUT2D eigenvalue weighted by Gasteiger charge is -2.26. The summed E-state index contributed by atoms with van der Waals surface area (Å²) in [5, 5.41) is 13.0. The van der Waals surface area contributed by atoms with Crippen molar-refractivity contribution in [1.82, 2.24) is 9.88 Å². The summed E-state index contributed by atoms with van der Waals surface area (Å²) in [6.07, 6.45) is 9.18. The van der Waals surface area contributed by atoms with E-state index in [2.05, 4.69) is 18.7 Å². The summed E-state index contributed by atoms with van der Waals surface area (Å²) >= 11 is 6.45. The average molecular weight is 534 g/mol. The molecule has 1 atom stereocenters. The number of pyridine rings is 1. The molecule has 1 N–H and O–H groups in total. The average Bonchev–Trinajstić information content (AvgIpc) is 2.88. The molecule has 0 aliphatic carbocycles. The van der Waals surface area contributed by atoms with Crippen LogP contribution in [0.1, 0.15) is 76.9 Å². The molecular formula is C30H42Cl2N2O2. The van der Waals surface area contributed by atoms with Crippen LogP contribution in [-0.4, -0.2) is 41.7 Å². The molecule has 198 valence electrons. The van der Waals surface area contributed by atoms with Gasteiger partial charge in [0.1, 0.15) is 5.75 Å². The molecule has 0 radical (unpaired) electrons. The Hall–Kier alpha value is -1.85. The smallest absolute Gasteiger partial charge is 0.138 e. The van der Waals surface area contributed by atoms with Gasteiger partial charge in [-0.15, -0.1) is 12.4 Å². The standard InChI is InChI=1S/C30H41ClN2O2.ClH/c1-4-6-8-13-17-33(18-14-9-7-5-2)22-29(34)25-19-27(23-15-11-10-12-16-23)32-28-21-26(31)30(35-3)20-24(25)28;/h10-12,15-16,19-21,29,34H,4-9,13-14,17-18,22H2,1-3H3;1H. The third kappa shape index (κ3) is 8.62. The van der Waals surface area contributed by atoms with Crippen LogP contribution in [-0.2, 0) is 0 Å². The van der Waals surface area contributed by atoms with Crippen molar-refractivity contribution < 1.29 is 9.84 Å². The summed E-state index contributed by atoms with van der Waals surface area (Å²) in [5.41, 5.74) is 3.50. The molecule has 3 aromatic rings. The minimum atomic E-state index is -0.633. The second-order valence-electron chi connectivity index (χ2n) is 9.40. The Morgan fingerprint density at radius 2 is 1.56 bits per heavy atom. The summed E-state index contributed by atoms with van der Waals surface area (Å²) in [6, 6.07) is 15.9. The van der Waals surface area contributed by atoms with Crippen LogP contribution in [0.15, 0.2) is 48.5 Å². The Kier molecular flexibility index (Phi) is 13.6. The quantitative estimate of drug-likeness (QED) is 0.199. The molecular weight excluding hydrogens is 491 g/mol. The molecule has 0 spiro atoms. The summed E-state index contributed by atoms with van der Waals surface area (Å²) in [5.74, 6) is 0.595. The predicted molar refractivity (Wildman–Crippen MR) is 156 cm³/mol. The van der Waals surface area contributed by atoms with E-state index in [0.717, 1.165) is 40.8 Å². The van der Waals surface area contributed by atoms with Gasteiger partial charge in [0.25, 0.3) is 0 Å². The minimum absolute atomic E-state index is 0. The van der Waals surface area contributed by atoms with Crippen molar-refractivity contribution in [2.24, 2.45) is 0 Å². The topological polar surface area (TPSA) is 45.6 Å². The van der Waals surface area contributed by atoms with Crippen LogP contribution >= 0.6 is 24.0 Å². The highest BCUT2D eigenvalue weighted by atomic mass is 35.5. The normalized spacial score (nSPS) is 12.1. The second kappa shape index (κ2) is 16.1. The van der Waals surface area contributed by atoms with Crippen LogP contribution in [0.4, 0.5) is 0 Å². The largest absolute Gasteiger partial charge is 0.495 e. The number of fused-ring (bicyclic) bond motifs is 1. The van der Waals surface area contributed by atoms with E-state index in [0.29, 0.717) is 17.3 Å². The van der Waals surface area contributed by atoms with Gasteiger partial charge in [-0.1, -0.05) is 94.3 Å². The molecule has 1 heterocycles. The first-order valence-electron chi connectivity index (χ1n) is 13.2. The summed E-state index contributed by atoms with van der Waals surface area (Å²) in [7, 11) is 1.61. The van der Waals surface area contributed by atoms with Crippen molar-refractivity contribution in [2.75, 3.05) is 26.7 Å². The molecule has 6 heteroatoms. The molecule has 36 heavy (non-hydrogen) atoms. The fourth-order valence-corrected chi connectivity index (χ4v) is 4.84. The molecule has 0 amide bonds. The number of hydrogen-bond acceptors (Lipinski definition) is 4. The van der Waals surface area contributed by atoms with E-state index in [1.165, 1.54) is 51.4 Å². The van der Waals surface area contributed by atoms with Crippen molar-refractivity contribution in [2.45, 2.75) is 71.3 Å². The number of aromatic nitrogens is 1. The van der Waals surface area contributed by atoms with E-state index >= 15 is 0 Å². The zero-order valence-electron chi connectivity index (χ0n) is 22.0. The van der Waals surface area contributed by atoms with Crippen molar-refractivity contribution in [3.05, 3.63) is 59.1 Å². The summed E-state index contributed by atoms with van der Waals surface area (Å²) in [6.45, 7) is 7.13. The van der Waals surface area contributed by atoms with Gasteiger partial charge in [-0.3, -0.25) is 0 Å². The third-order valence-electron chi connectivity index (χ3n) is 6.63. The zero-order chi connectivity index (χ0) is 25.0. The van der Waals surface area contributed by atoms with Crippen molar-refractivity contribution >= 4 is 34.9 Å². The van der Waals surface area contributed by atoms with E-state index in [1.54, 1.807) is 7.11 Å². The Bertz CT molecular complexity index is 1030. The highest BCUT2D eigenvalue weighted by Gasteiger charge is 2.19. The van der Waals surface area contributed by atoms with Gasteiger partial charge in [0.2, 0.25) is 0 Å². The summed E-state index contributed by atoms with van der Waals surface area (Å²) in [4.78, 5) is 7.32. The number of hydrogen-bond donors (Lipinski definition) is 1. The number of nitrogens with zero attached hydrogens (tertiary/aromatic N) is 2. The Balaban J connectivity index is 0.00000456. The highest BCUT2D eigenvalue weighted by molar-refractivity contribution is 6.32. The molecule has 1 unspecified atom stereocenters. The van der Waals surface area contributed by atoms with Crippen LogP contribution in [0.25, 0.3) is 22.2 Å². The zero-order valence-corrected chi connectivity index (χ0v) is 23.6. The summed E-state index contributed by atoms with van der Waals surface area (Å²) < 4.78 is 5.48. The molecule has 3 rings (SSSR count). The first-order chi connectivity index (χ1) is 17.1. The minimum Gasteiger partial charge on any atom is -0.495 e. The maximum atomic E-state index is 11.6. The van der Waals surface area contributed by atoms with Crippen molar-refractivity contribution in [3.63, 3.8) is 0 Å². The molecule has 1 aromatic heterocycles. The molecule has 2 aromatic carbocycles. The molecule has 0 aliphatic heterocycles. The van der Waals surface area contributed by atoms with Gasteiger partial charge in [-0.05, 0) is 49.7 Å². The second-order valence-corrected chi connectivity index (χ2v) is 9.81. The molecule has 4 nitrogen and oxygen atoms in total.